The van der Waals surface area contributed by atoms with Crippen LogP contribution >= 0.6 is 24.0 Å². The normalized spacial score (nSPS) is 23.3. The summed E-state index contributed by atoms with van der Waals surface area (Å²) in [5, 5.41) is 8.38. The zero-order valence-corrected chi connectivity index (χ0v) is 14.5. The lowest BCUT2D eigenvalue weighted by Gasteiger charge is -2.30. The summed E-state index contributed by atoms with van der Waals surface area (Å²) in [6.45, 7) is 2.86. The van der Waals surface area contributed by atoms with Gasteiger partial charge >= 0.3 is 0 Å². The highest BCUT2D eigenvalue weighted by atomic mass is 35.5. The molecule has 7 heteroatoms. The van der Waals surface area contributed by atoms with Crippen molar-refractivity contribution >= 4 is 24.0 Å². The maximum atomic E-state index is 6.13. The van der Waals surface area contributed by atoms with Gasteiger partial charge in [0.25, 0.3) is 0 Å². The fourth-order valence-corrected chi connectivity index (χ4v) is 3.39. The van der Waals surface area contributed by atoms with Crippen LogP contribution in [-0.4, -0.2) is 41.7 Å². The van der Waals surface area contributed by atoms with Gasteiger partial charge in [0.15, 0.2) is 5.82 Å². The van der Waals surface area contributed by atoms with Crippen molar-refractivity contribution in [3.8, 4) is 0 Å². The second-order valence-corrected chi connectivity index (χ2v) is 6.69. The zero-order valence-electron chi connectivity index (χ0n) is 13.0. The van der Waals surface area contributed by atoms with E-state index in [1.54, 1.807) is 0 Å². The van der Waals surface area contributed by atoms with Gasteiger partial charge in [-0.2, -0.15) is 4.98 Å². The Hall–Kier alpha value is -1.14. The average Bonchev–Trinajstić information content (AvgIpc) is 3.19. The minimum Gasteiger partial charge on any atom is -0.338 e. The molecule has 1 atom stereocenters. The Kier molecular flexibility index (Phi) is 4.65. The van der Waals surface area contributed by atoms with Gasteiger partial charge in [-0.1, -0.05) is 28.9 Å². The van der Waals surface area contributed by atoms with E-state index in [4.69, 9.17) is 21.1 Å². The van der Waals surface area contributed by atoms with Crippen LogP contribution in [0.3, 0.4) is 0 Å². The van der Waals surface area contributed by atoms with E-state index in [1.807, 2.05) is 18.2 Å². The quantitative estimate of drug-likeness (QED) is 0.918. The molecule has 1 aromatic heterocycles. The Bertz CT molecular complexity index is 686. The number of nitrogens with zero attached hydrogens (tertiary/aromatic N) is 3. The molecule has 1 aliphatic carbocycles. The summed E-state index contributed by atoms with van der Waals surface area (Å²) in [6.07, 6.45) is 2.07. The lowest BCUT2D eigenvalue weighted by Crippen LogP contribution is -2.44. The van der Waals surface area contributed by atoms with Gasteiger partial charge in [0, 0.05) is 24.7 Å². The van der Waals surface area contributed by atoms with Crippen LogP contribution in [0.5, 0.6) is 0 Å². The first-order chi connectivity index (χ1) is 10.7. The molecule has 2 fully saturated rings. The highest BCUT2D eigenvalue weighted by molar-refractivity contribution is 6.30. The van der Waals surface area contributed by atoms with Gasteiger partial charge < -0.3 is 9.84 Å². The van der Waals surface area contributed by atoms with E-state index < -0.39 is 0 Å². The van der Waals surface area contributed by atoms with E-state index in [0.717, 1.165) is 49.2 Å². The van der Waals surface area contributed by atoms with Crippen LogP contribution in [0, 0.1) is 0 Å². The molecule has 124 valence electrons. The third-order valence-corrected chi connectivity index (χ3v) is 5.02. The van der Waals surface area contributed by atoms with Crippen molar-refractivity contribution in [3.63, 3.8) is 0 Å². The molecule has 0 radical (unpaired) electrons. The molecule has 1 unspecified atom stereocenters. The SMILES string of the molecule is CN1CCNCC1c1noc(C2(c3cccc(Cl)c3)CC2)n1.Cl. The summed E-state index contributed by atoms with van der Waals surface area (Å²) in [6, 6.07) is 8.15. The lowest BCUT2D eigenvalue weighted by molar-refractivity contribution is 0.190. The second-order valence-electron chi connectivity index (χ2n) is 6.25. The molecule has 1 saturated carbocycles. The number of piperazine rings is 1. The molecule has 0 bridgehead atoms. The van der Waals surface area contributed by atoms with E-state index in [0.29, 0.717) is 0 Å². The van der Waals surface area contributed by atoms with Crippen LogP contribution in [0.15, 0.2) is 28.8 Å². The molecule has 2 heterocycles. The van der Waals surface area contributed by atoms with Crippen LogP contribution in [0.2, 0.25) is 5.02 Å². The van der Waals surface area contributed by atoms with Crippen LogP contribution in [0.4, 0.5) is 0 Å². The van der Waals surface area contributed by atoms with E-state index >= 15 is 0 Å². The minimum absolute atomic E-state index is 0. The number of rotatable bonds is 3. The second kappa shape index (κ2) is 6.40. The average molecular weight is 355 g/mol. The molecule has 2 aliphatic rings. The Morgan fingerprint density at radius 3 is 2.91 bits per heavy atom. The predicted molar refractivity (Wildman–Crippen MR) is 91.3 cm³/mol. The molecule has 0 amide bonds. The highest BCUT2D eigenvalue weighted by Gasteiger charge is 2.51. The first-order valence-corrected chi connectivity index (χ1v) is 8.08. The zero-order chi connectivity index (χ0) is 15.2. The third-order valence-electron chi connectivity index (χ3n) is 4.79. The largest absolute Gasteiger partial charge is 0.338 e. The van der Waals surface area contributed by atoms with E-state index in [-0.39, 0.29) is 23.9 Å². The van der Waals surface area contributed by atoms with Crippen LogP contribution in [0.25, 0.3) is 0 Å². The molecule has 1 saturated heterocycles. The van der Waals surface area contributed by atoms with Crippen molar-refractivity contribution in [2.75, 3.05) is 26.7 Å². The van der Waals surface area contributed by atoms with Crippen molar-refractivity contribution in [2.45, 2.75) is 24.3 Å². The molecule has 2 aromatic rings. The Labute approximate surface area is 146 Å². The fraction of sp³-hybridized carbons (Fsp3) is 0.500. The maximum absolute atomic E-state index is 6.13. The van der Waals surface area contributed by atoms with Gasteiger partial charge in [0.05, 0.1) is 11.5 Å². The standard InChI is InChI=1S/C16H19ClN4O.ClH/c1-21-8-7-18-10-13(21)14-19-15(22-20-14)16(5-6-16)11-3-2-4-12(17)9-11;/h2-4,9,13,18H,5-8,10H2,1H3;1H. The van der Waals surface area contributed by atoms with Gasteiger partial charge in [-0.05, 0) is 37.6 Å². The van der Waals surface area contributed by atoms with Crippen molar-refractivity contribution in [2.24, 2.45) is 0 Å². The van der Waals surface area contributed by atoms with E-state index in [2.05, 4.69) is 28.5 Å². The number of nitrogens with one attached hydrogen (secondary N) is 1. The van der Waals surface area contributed by atoms with Gasteiger partial charge in [0.2, 0.25) is 5.89 Å². The van der Waals surface area contributed by atoms with Crippen molar-refractivity contribution in [3.05, 3.63) is 46.6 Å². The van der Waals surface area contributed by atoms with E-state index in [1.165, 1.54) is 5.56 Å². The predicted octanol–water partition coefficient (Wildman–Crippen LogP) is 2.80. The summed E-state index contributed by atoms with van der Waals surface area (Å²) in [4.78, 5) is 6.99. The van der Waals surface area contributed by atoms with Crippen molar-refractivity contribution < 1.29 is 4.52 Å². The maximum Gasteiger partial charge on any atom is 0.237 e. The fourth-order valence-electron chi connectivity index (χ4n) is 3.20. The van der Waals surface area contributed by atoms with Crippen molar-refractivity contribution in [1.29, 1.82) is 0 Å². The first kappa shape index (κ1) is 16.7. The summed E-state index contributed by atoms with van der Waals surface area (Å²) in [7, 11) is 2.10. The van der Waals surface area contributed by atoms with Gasteiger partial charge in [0.1, 0.15) is 0 Å². The summed E-state index contributed by atoms with van der Waals surface area (Å²) >= 11 is 6.13. The molecule has 1 N–H and O–H groups in total. The van der Waals surface area contributed by atoms with Crippen LogP contribution < -0.4 is 5.32 Å². The molecule has 0 spiro atoms. The number of aromatic nitrogens is 2. The molecule has 4 rings (SSSR count). The number of likely N-dealkylation sites (N-methyl/N-ethyl adjacent to an activating group) is 1. The molecule has 1 aromatic carbocycles. The lowest BCUT2D eigenvalue weighted by atomic mass is 9.96. The third kappa shape index (κ3) is 2.98. The molecule has 5 nitrogen and oxygen atoms in total. The molecule has 23 heavy (non-hydrogen) atoms. The monoisotopic (exact) mass is 354 g/mol. The molecular formula is C16H20Cl2N4O. The van der Waals surface area contributed by atoms with Crippen LogP contribution in [-0.2, 0) is 5.41 Å². The number of halogens is 2. The minimum atomic E-state index is -0.128. The molecular weight excluding hydrogens is 335 g/mol. The number of benzene rings is 1. The van der Waals surface area contributed by atoms with Crippen LogP contribution in [0.1, 0.15) is 36.2 Å². The van der Waals surface area contributed by atoms with Crippen molar-refractivity contribution in [1.82, 2.24) is 20.4 Å². The Morgan fingerprint density at radius 2 is 2.22 bits per heavy atom. The highest BCUT2D eigenvalue weighted by Crippen LogP contribution is 2.53. The smallest absolute Gasteiger partial charge is 0.237 e. The first-order valence-electron chi connectivity index (χ1n) is 7.70. The Balaban J connectivity index is 0.00000156. The summed E-state index contributed by atoms with van der Waals surface area (Å²) in [5.74, 6) is 1.50. The van der Waals surface area contributed by atoms with E-state index in [9.17, 15) is 0 Å². The summed E-state index contributed by atoms with van der Waals surface area (Å²) < 4.78 is 5.63. The summed E-state index contributed by atoms with van der Waals surface area (Å²) in [5.41, 5.74) is 1.04. The molecule has 1 aliphatic heterocycles. The number of hydrogen-bond acceptors (Lipinski definition) is 5. The van der Waals surface area contributed by atoms with Gasteiger partial charge in [-0.15, -0.1) is 12.4 Å². The Morgan fingerprint density at radius 1 is 1.39 bits per heavy atom. The van der Waals surface area contributed by atoms with Gasteiger partial charge in [-0.3, -0.25) is 4.90 Å². The van der Waals surface area contributed by atoms with Gasteiger partial charge in [-0.25, -0.2) is 0 Å². The topological polar surface area (TPSA) is 54.2 Å². The number of hydrogen-bond donors (Lipinski definition) is 1.